The van der Waals surface area contributed by atoms with Crippen LogP contribution >= 0.6 is 0 Å². The highest BCUT2D eigenvalue weighted by molar-refractivity contribution is 4.66. The SMILES string of the molecule is CCCC1OCCOCCOCC(CC)OCCOCCOC1C. The largest absolute Gasteiger partial charge is 0.377 e. The molecule has 0 N–H and O–H groups in total. The summed E-state index contributed by atoms with van der Waals surface area (Å²) < 4.78 is 34.3. The number of hydrogen-bond acceptors (Lipinski definition) is 6. The van der Waals surface area contributed by atoms with Gasteiger partial charge >= 0.3 is 0 Å². The highest BCUT2D eigenvalue weighted by Crippen LogP contribution is 2.11. The van der Waals surface area contributed by atoms with Gasteiger partial charge in [0.1, 0.15) is 0 Å². The van der Waals surface area contributed by atoms with Crippen LogP contribution < -0.4 is 0 Å². The summed E-state index contributed by atoms with van der Waals surface area (Å²) in [5, 5.41) is 0. The van der Waals surface area contributed by atoms with Gasteiger partial charge in [-0.25, -0.2) is 0 Å². The van der Waals surface area contributed by atoms with Crippen LogP contribution in [0.5, 0.6) is 0 Å². The third-order valence-electron chi connectivity index (χ3n) is 3.98. The van der Waals surface area contributed by atoms with E-state index >= 15 is 0 Å². The molecule has 0 aromatic carbocycles. The van der Waals surface area contributed by atoms with Crippen molar-refractivity contribution in [1.29, 1.82) is 0 Å². The Labute approximate surface area is 147 Å². The zero-order chi connectivity index (χ0) is 17.5. The first-order valence-electron chi connectivity index (χ1n) is 9.35. The fourth-order valence-corrected chi connectivity index (χ4v) is 2.49. The van der Waals surface area contributed by atoms with Crippen molar-refractivity contribution in [2.45, 2.75) is 58.3 Å². The molecule has 6 heteroatoms. The maximum Gasteiger partial charge on any atom is 0.0835 e. The average molecular weight is 348 g/mol. The molecule has 1 aliphatic heterocycles. The van der Waals surface area contributed by atoms with Gasteiger partial charge in [0.2, 0.25) is 0 Å². The molecule has 0 aliphatic carbocycles. The highest BCUT2D eigenvalue weighted by Gasteiger charge is 2.17. The Bertz CT molecular complexity index is 276. The molecule has 0 spiro atoms. The first kappa shape index (κ1) is 21.8. The van der Waals surface area contributed by atoms with E-state index in [-0.39, 0.29) is 18.3 Å². The molecule has 0 radical (unpaired) electrons. The fraction of sp³-hybridized carbons (Fsp3) is 1.00. The minimum atomic E-state index is 0.0523. The van der Waals surface area contributed by atoms with Crippen molar-refractivity contribution in [2.24, 2.45) is 0 Å². The molecule has 0 bridgehead atoms. The molecule has 1 aliphatic rings. The summed E-state index contributed by atoms with van der Waals surface area (Å²) in [4.78, 5) is 0. The molecule has 24 heavy (non-hydrogen) atoms. The van der Waals surface area contributed by atoms with E-state index in [0.717, 1.165) is 19.3 Å². The second kappa shape index (κ2) is 15.0. The van der Waals surface area contributed by atoms with Crippen LogP contribution in [0.15, 0.2) is 0 Å². The Morgan fingerprint density at radius 1 is 0.708 bits per heavy atom. The zero-order valence-electron chi connectivity index (χ0n) is 15.7. The van der Waals surface area contributed by atoms with Gasteiger partial charge in [-0.05, 0) is 19.8 Å². The van der Waals surface area contributed by atoms with Gasteiger partial charge in [0, 0.05) is 0 Å². The standard InChI is InChI=1S/C18H36O6/c1-4-6-18-16(3)22-12-9-20-10-13-23-17(5-2)15-21-8-7-19-11-14-24-18/h16-18H,4-15H2,1-3H3. The lowest BCUT2D eigenvalue weighted by molar-refractivity contribution is -0.0995. The van der Waals surface area contributed by atoms with E-state index in [1.807, 2.05) is 0 Å². The van der Waals surface area contributed by atoms with E-state index in [2.05, 4.69) is 20.8 Å². The third-order valence-corrected chi connectivity index (χ3v) is 3.98. The van der Waals surface area contributed by atoms with E-state index in [1.54, 1.807) is 0 Å². The molecule has 0 amide bonds. The van der Waals surface area contributed by atoms with Crippen LogP contribution in [0.4, 0.5) is 0 Å². The number of rotatable bonds is 3. The third kappa shape index (κ3) is 10.6. The van der Waals surface area contributed by atoms with E-state index in [0.29, 0.717) is 59.5 Å². The van der Waals surface area contributed by atoms with Crippen LogP contribution in [-0.2, 0) is 28.4 Å². The van der Waals surface area contributed by atoms with Gasteiger partial charge in [-0.3, -0.25) is 0 Å². The van der Waals surface area contributed by atoms with Gasteiger partial charge in [0.15, 0.2) is 0 Å². The van der Waals surface area contributed by atoms with Crippen molar-refractivity contribution in [3.63, 3.8) is 0 Å². The van der Waals surface area contributed by atoms with Crippen LogP contribution in [-0.4, -0.2) is 77.8 Å². The Balaban J connectivity index is 2.36. The van der Waals surface area contributed by atoms with Crippen LogP contribution in [0, 0.1) is 0 Å². The predicted octanol–water partition coefficient (Wildman–Crippen LogP) is 2.44. The van der Waals surface area contributed by atoms with Crippen molar-refractivity contribution in [3.8, 4) is 0 Å². The predicted molar refractivity (Wildman–Crippen MR) is 92.6 cm³/mol. The maximum atomic E-state index is 5.92. The first-order chi connectivity index (χ1) is 11.8. The van der Waals surface area contributed by atoms with Crippen molar-refractivity contribution < 1.29 is 28.4 Å². The molecule has 1 saturated heterocycles. The molecule has 6 nitrogen and oxygen atoms in total. The van der Waals surface area contributed by atoms with Gasteiger partial charge in [-0.1, -0.05) is 20.3 Å². The quantitative estimate of drug-likeness (QED) is 0.781. The summed E-state index contributed by atoms with van der Waals surface area (Å²) in [5.41, 5.74) is 0. The van der Waals surface area contributed by atoms with Gasteiger partial charge in [0.25, 0.3) is 0 Å². The second-order valence-electron chi connectivity index (χ2n) is 5.97. The summed E-state index contributed by atoms with van der Waals surface area (Å²) >= 11 is 0. The van der Waals surface area contributed by atoms with Gasteiger partial charge in [-0.15, -0.1) is 0 Å². The van der Waals surface area contributed by atoms with Gasteiger partial charge < -0.3 is 28.4 Å². The monoisotopic (exact) mass is 348 g/mol. The minimum Gasteiger partial charge on any atom is -0.377 e. The molecule has 3 atom stereocenters. The summed E-state index contributed by atoms with van der Waals surface area (Å²) in [5.74, 6) is 0. The topological polar surface area (TPSA) is 55.4 Å². The second-order valence-corrected chi connectivity index (χ2v) is 5.97. The Morgan fingerprint density at radius 2 is 1.29 bits per heavy atom. The molecular weight excluding hydrogens is 312 g/mol. The zero-order valence-corrected chi connectivity index (χ0v) is 15.7. The van der Waals surface area contributed by atoms with Gasteiger partial charge in [0.05, 0.1) is 77.8 Å². The van der Waals surface area contributed by atoms with Crippen molar-refractivity contribution in [3.05, 3.63) is 0 Å². The lowest BCUT2D eigenvalue weighted by atomic mass is 10.1. The van der Waals surface area contributed by atoms with Crippen LogP contribution in [0.2, 0.25) is 0 Å². The minimum absolute atomic E-state index is 0.0523. The number of hydrogen-bond donors (Lipinski definition) is 0. The molecule has 144 valence electrons. The molecule has 1 fully saturated rings. The maximum absolute atomic E-state index is 5.92. The van der Waals surface area contributed by atoms with Crippen molar-refractivity contribution in [2.75, 3.05) is 59.5 Å². The molecule has 3 unspecified atom stereocenters. The molecule has 0 aromatic rings. The summed E-state index contributed by atoms with van der Waals surface area (Å²) in [7, 11) is 0. The first-order valence-corrected chi connectivity index (χ1v) is 9.35. The number of ether oxygens (including phenoxy) is 6. The van der Waals surface area contributed by atoms with E-state index in [9.17, 15) is 0 Å². The Morgan fingerprint density at radius 3 is 1.96 bits per heavy atom. The van der Waals surface area contributed by atoms with E-state index in [4.69, 9.17) is 28.4 Å². The lowest BCUT2D eigenvalue weighted by Gasteiger charge is -2.24. The highest BCUT2D eigenvalue weighted by atomic mass is 16.6. The Hall–Kier alpha value is -0.240. The van der Waals surface area contributed by atoms with E-state index < -0.39 is 0 Å². The molecular formula is C18H36O6. The molecule has 1 heterocycles. The molecule has 0 aromatic heterocycles. The summed E-state index contributed by atoms with van der Waals surface area (Å²) in [6.45, 7) is 11.5. The van der Waals surface area contributed by atoms with Gasteiger partial charge in [-0.2, -0.15) is 0 Å². The Kier molecular flexibility index (Phi) is 13.7. The average Bonchev–Trinajstić information content (AvgIpc) is 2.59. The van der Waals surface area contributed by atoms with E-state index in [1.165, 1.54) is 0 Å². The lowest BCUT2D eigenvalue weighted by Crippen LogP contribution is -2.31. The smallest absolute Gasteiger partial charge is 0.0835 e. The van der Waals surface area contributed by atoms with Crippen molar-refractivity contribution in [1.82, 2.24) is 0 Å². The van der Waals surface area contributed by atoms with Crippen molar-refractivity contribution >= 4 is 0 Å². The molecule has 0 saturated carbocycles. The summed E-state index contributed by atoms with van der Waals surface area (Å²) in [6, 6.07) is 0. The summed E-state index contributed by atoms with van der Waals surface area (Å²) in [6.07, 6.45) is 3.24. The normalized spacial score (nSPS) is 30.4. The van der Waals surface area contributed by atoms with Crippen LogP contribution in [0.25, 0.3) is 0 Å². The fourth-order valence-electron chi connectivity index (χ4n) is 2.49. The molecule has 1 rings (SSSR count). The van der Waals surface area contributed by atoms with Crippen LogP contribution in [0.1, 0.15) is 40.0 Å². The van der Waals surface area contributed by atoms with Crippen LogP contribution in [0.3, 0.4) is 0 Å².